The molecule has 188 valence electrons. The molecule has 2 aromatic carbocycles. The Kier molecular flexibility index (Phi) is 9.18. The maximum atomic E-state index is 11.3. The van der Waals surface area contributed by atoms with E-state index in [1.165, 1.54) is 0 Å². The van der Waals surface area contributed by atoms with Crippen LogP contribution >= 0.6 is 0 Å². The van der Waals surface area contributed by atoms with Gasteiger partial charge in [-0.1, -0.05) is 31.5 Å². The predicted octanol–water partition coefficient (Wildman–Crippen LogP) is 4.23. The minimum Gasteiger partial charge on any atom is -0.492 e. The summed E-state index contributed by atoms with van der Waals surface area (Å²) >= 11 is 0. The molecule has 0 N–H and O–H groups in total. The first-order valence-electron chi connectivity index (χ1n) is 11.2. The molecule has 34 heavy (non-hydrogen) atoms. The number of unbranched alkanes of at least 4 members (excludes halogenated alkanes) is 1. The van der Waals surface area contributed by atoms with Gasteiger partial charge in [-0.3, -0.25) is 4.18 Å². The first-order valence-corrected chi connectivity index (χ1v) is 13.0. The Morgan fingerprint density at radius 1 is 0.971 bits per heavy atom. The molecule has 0 aromatic heterocycles. The Balaban J connectivity index is 1.83. The number of methoxy groups -OCH3 is 2. The van der Waals surface area contributed by atoms with Crippen molar-refractivity contribution in [2.75, 3.05) is 47.3 Å². The van der Waals surface area contributed by atoms with Crippen molar-refractivity contribution in [1.82, 2.24) is 0 Å². The van der Waals surface area contributed by atoms with Gasteiger partial charge in [-0.15, -0.1) is 0 Å². The van der Waals surface area contributed by atoms with Gasteiger partial charge >= 0.3 is 0 Å². The van der Waals surface area contributed by atoms with Gasteiger partial charge in [0.15, 0.2) is 13.6 Å². The zero-order valence-electron chi connectivity index (χ0n) is 20.2. The normalized spacial score (nSPS) is 19.8. The molecule has 0 fully saturated rings. The van der Waals surface area contributed by atoms with E-state index in [0.717, 1.165) is 41.7 Å². The van der Waals surface area contributed by atoms with Crippen LogP contribution in [0.2, 0.25) is 0 Å². The summed E-state index contributed by atoms with van der Waals surface area (Å²) in [6.07, 6.45) is 3.38. The zero-order chi connectivity index (χ0) is 24.6. The minimum absolute atomic E-state index is 0.150. The smallest absolute Gasteiger partial charge is 0.264 e. The molecule has 0 saturated carbocycles. The van der Waals surface area contributed by atoms with Crippen molar-refractivity contribution in [2.24, 2.45) is 0 Å². The highest BCUT2D eigenvalue weighted by Gasteiger charge is 2.42. The van der Waals surface area contributed by atoms with Crippen LogP contribution in [0.15, 0.2) is 42.5 Å². The first kappa shape index (κ1) is 26.3. The quantitative estimate of drug-likeness (QED) is 0.232. The van der Waals surface area contributed by atoms with Crippen molar-refractivity contribution >= 4 is 10.1 Å². The molecular weight excluding hydrogens is 460 g/mol. The predicted molar refractivity (Wildman–Crippen MR) is 128 cm³/mol. The van der Waals surface area contributed by atoms with E-state index in [4.69, 9.17) is 27.9 Å². The number of benzene rings is 2. The molecule has 0 saturated heterocycles. The molecule has 0 aliphatic carbocycles. The van der Waals surface area contributed by atoms with Crippen LogP contribution in [0, 0.1) is 0 Å². The Morgan fingerprint density at radius 2 is 1.62 bits per heavy atom. The lowest BCUT2D eigenvalue weighted by Crippen LogP contribution is -2.40. The van der Waals surface area contributed by atoms with Crippen LogP contribution in [-0.4, -0.2) is 55.7 Å². The second-order valence-electron chi connectivity index (χ2n) is 8.61. The van der Waals surface area contributed by atoms with Gasteiger partial charge in [-0.2, -0.15) is 8.42 Å². The maximum Gasteiger partial charge on any atom is 0.264 e. The van der Waals surface area contributed by atoms with Crippen molar-refractivity contribution < 1.29 is 36.3 Å². The Morgan fingerprint density at radius 3 is 2.26 bits per heavy atom. The van der Waals surface area contributed by atoms with E-state index in [1.807, 2.05) is 30.3 Å². The lowest BCUT2D eigenvalue weighted by molar-refractivity contribution is 0.0505. The largest absolute Gasteiger partial charge is 0.492 e. The summed E-state index contributed by atoms with van der Waals surface area (Å²) in [4.78, 5) is 0. The highest BCUT2D eigenvalue weighted by molar-refractivity contribution is 7.85. The summed E-state index contributed by atoms with van der Waals surface area (Å²) in [5.74, 6) is 2.37. The summed E-state index contributed by atoms with van der Waals surface area (Å²) in [5, 5.41) is 0. The number of hydrogen-bond donors (Lipinski definition) is 0. The summed E-state index contributed by atoms with van der Waals surface area (Å²) in [7, 11) is -0.267. The van der Waals surface area contributed by atoms with E-state index >= 15 is 0 Å². The van der Waals surface area contributed by atoms with Crippen LogP contribution in [0.5, 0.6) is 17.2 Å². The summed E-state index contributed by atoms with van der Waals surface area (Å²) < 4.78 is 54.8. The zero-order valence-corrected chi connectivity index (χ0v) is 21.1. The molecule has 9 heteroatoms. The van der Waals surface area contributed by atoms with E-state index in [9.17, 15) is 8.42 Å². The highest BCUT2D eigenvalue weighted by Crippen LogP contribution is 2.49. The minimum atomic E-state index is -3.43. The van der Waals surface area contributed by atoms with E-state index in [1.54, 1.807) is 14.2 Å². The van der Waals surface area contributed by atoms with Gasteiger partial charge in [-0.25, -0.2) is 0 Å². The SMILES string of the molecule is COCOc1ccc(C2(C)COc3cc(OCOC)ccc3C2CCCCOS(C)(=O)=O)cc1. The van der Waals surface area contributed by atoms with Crippen molar-refractivity contribution in [3.8, 4) is 17.2 Å². The lowest BCUT2D eigenvalue weighted by Gasteiger charge is -2.43. The molecule has 0 amide bonds. The van der Waals surface area contributed by atoms with E-state index in [-0.39, 0.29) is 31.5 Å². The number of ether oxygens (including phenoxy) is 5. The van der Waals surface area contributed by atoms with Crippen LogP contribution in [0.25, 0.3) is 0 Å². The molecule has 1 heterocycles. The van der Waals surface area contributed by atoms with Crippen LogP contribution < -0.4 is 14.2 Å². The first-order chi connectivity index (χ1) is 16.3. The average molecular weight is 495 g/mol. The van der Waals surface area contributed by atoms with Crippen LogP contribution in [0.4, 0.5) is 0 Å². The monoisotopic (exact) mass is 494 g/mol. The Bertz CT molecular complexity index is 1020. The molecule has 8 nitrogen and oxygen atoms in total. The van der Waals surface area contributed by atoms with Gasteiger partial charge in [0.1, 0.15) is 17.2 Å². The fraction of sp³-hybridized carbons (Fsp3) is 0.520. The Labute approximate surface area is 202 Å². The summed E-state index contributed by atoms with van der Waals surface area (Å²) in [6, 6.07) is 13.9. The van der Waals surface area contributed by atoms with Crippen LogP contribution in [-0.2, 0) is 29.2 Å². The molecule has 3 rings (SSSR count). The molecule has 2 atom stereocenters. The molecule has 1 aliphatic heterocycles. The van der Waals surface area contributed by atoms with Gasteiger partial charge in [0.2, 0.25) is 0 Å². The van der Waals surface area contributed by atoms with Gasteiger partial charge in [-0.05, 0) is 42.2 Å². The fourth-order valence-electron chi connectivity index (χ4n) is 4.29. The Hall–Kier alpha value is -2.33. The average Bonchev–Trinajstić information content (AvgIpc) is 2.82. The second-order valence-corrected chi connectivity index (χ2v) is 10.3. The summed E-state index contributed by atoms with van der Waals surface area (Å²) in [5.41, 5.74) is 1.95. The van der Waals surface area contributed by atoms with Crippen molar-refractivity contribution in [1.29, 1.82) is 0 Å². The van der Waals surface area contributed by atoms with Crippen molar-refractivity contribution in [3.05, 3.63) is 53.6 Å². The third kappa shape index (κ3) is 6.85. The van der Waals surface area contributed by atoms with E-state index in [0.29, 0.717) is 18.8 Å². The lowest BCUT2D eigenvalue weighted by atomic mass is 9.66. The molecule has 2 aromatic rings. The molecular formula is C25H34O8S. The van der Waals surface area contributed by atoms with Crippen LogP contribution in [0.3, 0.4) is 0 Å². The molecule has 0 radical (unpaired) electrons. The molecule has 0 spiro atoms. The number of rotatable bonds is 13. The van der Waals surface area contributed by atoms with Crippen molar-refractivity contribution in [3.63, 3.8) is 0 Å². The van der Waals surface area contributed by atoms with Crippen molar-refractivity contribution in [2.45, 2.75) is 37.5 Å². The third-order valence-corrected chi connectivity index (χ3v) is 6.64. The standard InChI is InChI=1S/C25H34O8S/c1-25(19-8-10-20(11-9-19)31-17-28-2)16-30-24-15-21(32-18-29-3)12-13-22(24)23(25)7-5-6-14-33-34(4,26)27/h8-13,15,23H,5-7,14,16-18H2,1-4H3. The molecule has 1 aliphatic rings. The highest BCUT2D eigenvalue weighted by atomic mass is 32.2. The maximum absolute atomic E-state index is 11.3. The summed E-state index contributed by atoms with van der Waals surface area (Å²) in [6.45, 7) is 3.24. The second kappa shape index (κ2) is 11.9. The van der Waals surface area contributed by atoms with Gasteiger partial charge in [0.25, 0.3) is 10.1 Å². The third-order valence-electron chi connectivity index (χ3n) is 6.04. The molecule has 0 bridgehead atoms. The van der Waals surface area contributed by atoms with Gasteiger partial charge in [0.05, 0.1) is 19.5 Å². The number of fused-ring (bicyclic) bond motifs is 1. The van der Waals surface area contributed by atoms with E-state index in [2.05, 4.69) is 19.1 Å². The topological polar surface area (TPSA) is 89.5 Å². The van der Waals surface area contributed by atoms with Gasteiger partial charge in [0, 0.05) is 31.6 Å². The fourth-order valence-corrected chi connectivity index (χ4v) is 4.71. The van der Waals surface area contributed by atoms with Gasteiger partial charge < -0.3 is 23.7 Å². The van der Waals surface area contributed by atoms with E-state index < -0.39 is 10.1 Å². The van der Waals surface area contributed by atoms with Crippen LogP contribution in [0.1, 0.15) is 43.2 Å². The molecule has 2 unspecified atom stereocenters. The number of hydrogen-bond acceptors (Lipinski definition) is 8.